The summed E-state index contributed by atoms with van der Waals surface area (Å²) in [5, 5.41) is 10.1. The van der Waals surface area contributed by atoms with Crippen LogP contribution in [0.5, 0.6) is 0 Å². The highest BCUT2D eigenvalue weighted by Gasteiger charge is 2.43. The number of carboxylic acid groups (broad SMARTS) is 1. The first kappa shape index (κ1) is 17.3. The molecule has 5 nitrogen and oxygen atoms in total. The largest absolute Gasteiger partial charge is 0.481 e. The van der Waals surface area contributed by atoms with Crippen molar-refractivity contribution >= 4 is 23.5 Å². The van der Waals surface area contributed by atoms with Crippen LogP contribution in [0, 0.1) is 11.8 Å². The number of aliphatic carboxylic acids is 1. The van der Waals surface area contributed by atoms with E-state index in [4.69, 9.17) is 21.1 Å². The van der Waals surface area contributed by atoms with Gasteiger partial charge >= 0.3 is 11.9 Å². The lowest BCUT2D eigenvalue weighted by Gasteiger charge is -2.34. The molecular formula is C17H17ClO5. The van der Waals surface area contributed by atoms with Crippen molar-refractivity contribution in [3.63, 3.8) is 0 Å². The highest BCUT2D eigenvalue weighted by atomic mass is 35.5. The lowest BCUT2D eigenvalue weighted by molar-refractivity contribution is -0.147. The molecule has 1 aromatic carbocycles. The number of carbonyl (C=O) groups excluding carboxylic acids is 1. The van der Waals surface area contributed by atoms with Crippen LogP contribution in [0.1, 0.15) is 30.9 Å². The van der Waals surface area contributed by atoms with Crippen LogP contribution in [0.2, 0.25) is 5.02 Å². The first-order chi connectivity index (χ1) is 11.0. The number of hydrogen-bond donors (Lipinski definition) is 1. The molecule has 0 radical (unpaired) electrons. The number of ether oxygens (including phenoxy) is 2. The molecule has 1 N–H and O–H groups in total. The molecule has 0 atom stereocenters. The second kappa shape index (κ2) is 7.49. The molecule has 1 aliphatic rings. The van der Waals surface area contributed by atoms with Gasteiger partial charge in [-0.05, 0) is 31.4 Å². The summed E-state index contributed by atoms with van der Waals surface area (Å²) in [4.78, 5) is 23.4. The fourth-order valence-electron chi connectivity index (χ4n) is 2.65. The number of esters is 1. The van der Waals surface area contributed by atoms with Crippen molar-refractivity contribution in [2.75, 3.05) is 19.8 Å². The molecule has 2 rings (SSSR count). The molecule has 0 amide bonds. The maximum atomic E-state index is 11.9. The molecule has 1 aliphatic heterocycles. The van der Waals surface area contributed by atoms with Crippen LogP contribution in [-0.2, 0) is 24.5 Å². The zero-order valence-electron chi connectivity index (χ0n) is 12.7. The Morgan fingerprint density at radius 1 is 1.39 bits per heavy atom. The molecule has 0 unspecified atom stereocenters. The van der Waals surface area contributed by atoms with Crippen molar-refractivity contribution in [2.45, 2.75) is 25.2 Å². The SMILES string of the molecule is CCOC(=O)C#Cc1c(Cl)cccc1C1(C(=O)O)CCOCC1. The molecule has 1 aromatic rings. The van der Waals surface area contributed by atoms with Gasteiger partial charge in [-0.1, -0.05) is 29.7 Å². The first-order valence-corrected chi connectivity index (χ1v) is 7.68. The quantitative estimate of drug-likeness (QED) is 0.677. The van der Waals surface area contributed by atoms with Crippen LogP contribution in [-0.4, -0.2) is 36.9 Å². The van der Waals surface area contributed by atoms with Crippen molar-refractivity contribution < 1.29 is 24.2 Å². The molecule has 0 bridgehead atoms. The monoisotopic (exact) mass is 336 g/mol. The second-order valence-corrected chi connectivity index (χ2v) is 5.54. The van der Waals surface area contributed by atoms with Gasteiger partial charge in [-0.3, -0.25) is 4.79 Å². The van der Waals surface area contributed by atoms with E-state index in [2.05, 4.69) is 11.8 Å². The smallest absolute Gasteiger partial charge is 0.384 e. The third kappa shape index (κ3) is 3.66. The summed E-state index contributed by atoms with van der Waals surface area (Å²) in [6.45, 7) is 2.61. The van der Waals surface area contributed by atoms with E-state index >= 15 is 0 Å². The zero-order chi connectivity index (χ0) is 16.9. The average molecular weight is 337 g/mol. The molecule has 23 heavy (non-hydrogen) atoms. The first-order valence-electron chi connectivity index (χ1n) is 7.30. The Balaban J connectivity index is 2.52. The Hall–Kier alpha value is -2.03. The third-order valence-corrected chi connectivity index (χ3v) is 4.16. The molecule has 1 saturated heterocycles. The standard InChI is InChI=1S/C17H17ClO5/c1-2-23-15(19)7-6-12-13(4-3-5-14(12)18)17(16(20)21)8-10-22-11-9-17/h3-5H,2,8-11H2,1H3,(H,20,21). The van der Waals surface area contributed by atoms with Gasteiger partial charge in [0.1, 0.15) is 0 Å². The number of halogens is 1. The summed E-state index contributed by atoms with van der Waals surface area (Å²) in [7, 11) is 0. The third-order valence-electron chi connectivity index (χ3n) is 3.85. The minimum atomic E-state index is -1.11. The summed E-state index contributed by atoms with van der Waals surface area (Å²) >= 11 is 6.20. The van der Waals surface area contributed by atoms with Gasteiger partial charge in [-0.15, -0.1) is 0 Å². The highest BCUT2D eigenvalue weighted by Crippen LogP contribution is 2.38. The minimum Gasteiger partial charge on any atom is -0.481 e. The molecule has 122 valence electrons. The fourth-order valence-corrected chi connectivity index (χ4v) is 2.87. The van der Waals surface area contributed by atoms with Crippen molar-refractivity contribution in [1.82, 2.24) is 0 Å². The molecule has 1 fully saturated rings. The van der Waals surface area contributed by atoms with Gasteiger partial charge in [0.15, 0.2) is 0 Å². The normalized spacial score (nSPS) is 16.1. The van der Waals surface area contributed by atoms with E-state index in [-0.39, 0.29) is 6.61 Å². The van der Waals surface area contributed by atoms with E-state index in [1.807, 2.05) is 0 Å². The fraction of sp³-hybridized carbons (Fsp3) is 0.412. The van der Waals surface area contributed by atoms with E-state index in [9.17, 15) is 14.7 Å². The van der Waals surface area contributed by atoms with E-state index < -0.39 is 17.4 Å². The maximum absolute atomic E-state index is 11.9. The van der Waals surface area contributed by atoms with Crippen molar-refractivity contribution in [1.29, 1.82) is 0 Å². The van der Waals surface area contributed by atoms with Crippen molar-refractivity contribution in [2.24, 2.45) is 0 Å². The van der Waals surface area contributed by atoms with E-state index in [0.29, 0.717) is 42.2 Å². The minimum absolute atomic E-state index is 0.222. The Kier molecular flexibility index (Phi) is 5.64. The van der Waals surface area contributed by atoms with Gasteiger partial charge < -0.3 is 14.6 Å². The van der Waals surface area contributed by atoms with Crippen LogP contribution in [0.4, 0.5) is 0 Å². The predicted molar refractivity (Wildman–Crippen MR) is 84.3 cm³/mol. The summed E-state index contributed by atoms with van der Waals surface area (Å²) in [5.41, 5.74) is -0.244. The van der Waals surface area contributed by atoms with Gasteiger partial charge in [0.05, 0.1) is 17.0 Å². The van der Waals surface area contributed by atoms with Crippen LogP contribution >= 0.6 is 11.6 Å². The molecule has 0 saturated carbocycles. The molecule has 6 heteroatoms. The van der Waals surface area contributed by atoms with Crippen LogP contribution < -0.4 is 0 Å². The number of hydrogen-bond acceptors (Lipinski definition) is 4. The van der Waals surface area contributed by atoms with Gasteiger partial charge in [0.2, 0.25) is 0 Å². The molecular weight excluding hydrogens is 320 g/mol. The van der Waals surface area contributed by atoms with Gasteiger partial charge in [0.25, 0.3) is 0 Å². The van der Waals surface area contributed by atoms with Gasteiger partial charge in [-0.2, -0.15) is 0 Å². The van der Waals surface area contributed by atoms with Crippen molar-refractivity contribution in [3.8, 4) is 11.8 Å². The Bertz CT molecular complexity index is 665. The average Bonchev–Trinajstić information content (AvgIpc) is 2.54. The summed E-state index contributed by atoms with van der Waals surface area (Å²) < 4.78 is 10.1. The van der Waals surface area contributed by atoms with E-state index in [1.165, 1.54) is 0 Å². The van der Waals surface area contributed by atoms with Gasteiger partial charge in [0, 0.05) is 24.7 Å². The maximum Gasteiger partial charge on any atom is 0.384 e. The summed E-state index contributed by atoms with van der Waals surface area (Å²) in [6.07, 6.45) is 0.660. The summed E-state index contributed by atoms with van der Waals surface area (Å²) in [6, 6.07) is 5.00. The second-order valence-electron chi connectivity index (χ2n) is 5.13. The molecule has 0 aromatic heterocycles. The van der Waals surface area contributed by atoms with Crippen LogP contribution in [0.25, 0.3) is 0 Å². The Labute approximate surface area is 139 Å². The topological polar surface area (TPSA) is 72.8 Å². The van der Waals surface area contributed by atoms with Crippen molar-refractivity contribution in [3.05, 3.63) is 34.3 Å². The molecule has 1 heterocycles. The number of benzene rings is 1. The lowest BCUT2D eigenvalue weighted by Crippen LogP contribution is -2.42. The van der Waals surface area contributed by atoms with Crippen LogP contribution in [0.15, 0.2) is 18.2 Å². The molecule has 0 spiro atoms. The Morgan fingerprint density at radius 3 is 2.70 bits per heavy atom. The van der Waals surface area contributed by atoms with E-state index in [1.54, 1.807) is 25.1 Å². The predicted octanol–water partition coefficient (Wildman–Crippen LogP) is 2.39. The summed E-state index contributed by atoms with van der Waals surface area (Å²) in [5.74, 6) is 3.43. The van der Waals surface area contributed by atoms with Gasteiger partial charge in [-0.25, -0.2) is 4.79 Å². The lowest BCUT2D eigenvalue weighted by atomic mass is 9.72. The zero-order valence-corrected chi connectivity index (χ0v) is 13.5. The van der Waals surface area contributed by atoms with Crippen LogP contribution in [0.3, 0.4) is 0 Å². The Morgan fingerprint density at radius 2 is 2.09 bits per heavy atom. The number of carboxylic acids is 1. The van der Waals surface area contributed by atoms with E-state index in [0.717, 1.165) is 0 Å². The molecule has 0 aliphatic carbocycles. The highest BCUT2D eigenvalue weighted by molar-refractivity contribution is 6.32. The number of carbonyl (C=O) groups is 2. The number of rotatable bonds is 3.